The Morgan fingerprint density at radius 1 is 0.317 bits per heavy atom. The van der Waals surface area contributed by atoms with Crippen LogP contribution in [0.15, 0.2) is 385 Å². The summed E-state index contributed by atoms with van der Waals surface area (Å²) in [6.45, 7) is 8.43. The van der Waals surface area contributed by atoms with Gasteiger partial charge in [0.2, 0.25) is 0 Å². The highest BCUT2D eigenvalue weighted by Gasteiger charge is 2.52. The lowest BCUT2D eigenvalue weighted by molar-refractivity contribution is -0.385. The van der Waals surface area contributed by atoms with Gasteiger partial charge in [-0.2, -0.15) is 0 Å². The molecule has 0 spiro atoms. The predicted molar refractivity (Wildman–Crippen MR) is 538 cm³/mol. The Balaban J connectivity index is 0.0000000988. The minimum Gasteiger partial charge on any atom is -0.399 e. The largest absolute Gasteiger partial charge is 0.495 e. The van der Waals surface area contributed by atoms with E-state index in [0.717, 1.165) is 27.2 Å². The number of hydrogen-bond donors (Lipinski definition) is 1. The summed E-state index contributed by atoms with van der Waals surface area (Å²) in [6.07, 6.45) is 0. The van der Waals surface area contributed by atoms with E-state index in [4.69, 9.17) is 9.31 Å². The van der Waals surface area contributed by atoms with Crippen molar-refractivity contribution in [2.75, 3.05) is 0 Å². The standard InChI is InChI=1S/C22H21BO2S.C22H13NO2S.C22H13NS.C18H15P.C16H9BrS.C6H4BrNO2/c1-21(2)22(3,4)25-23(24-21)17-13-14-9-5-6-10-15(14)20-19(17)16-11-7-8-12-18(16)26-20;24-23(25)19-11-5-3-9-16(19)18-13-14-7-1-2-8-15(14)22-21(18)17-10-4-6-12-20(17)26-22;1-2-8-14-13(7-1)21-19(15-9-3-5-11-17(15)23-21)20-16-10-4-6-12-18(16)24-22(14)20;1-4-10-16(11-5-1)19(17-12-6-2-7-13-17)18-14-8-3-9-15-18;17-13-9-10-5-1-2-6-11(10)16-15(13)12-7-3-4-8-14(12)18-16;7-5-3-1-2-4-6(5)8(9)10/h5-13H,1-4H3;1-13H;1-12,23H;1-15H;1-9H;1-4H. The van der Waals surface area contributed by atoms with Gasteiger partial charge in [-0.15, -0.1) is 45.3 Å². The fourth-order valence-electron chi connectivity index (χ4n) is 16.7. The Morgan fingerprint density at radius 3 is 1.15 bits per heavy atom. The van der Waals surface area contributed by atoms with Crippen LogP contribution >= 0.6 is 85.1 Å². The van der Waals surface area contributed by atoms with Crippen LogP contribution in [0.5, 0.6) is 0 Å². The first-order chi connectivity index (χ1) is 60.0. The van der Waals surface area contributed by atoms with E-state index in [0.29, 0.717) is 10.0 Å². The number of nitrogens with one attached hydrogen (secondary N) is 1. The van der Waals surface area contributed by atoms with Crippen molar-refractivity contribution in [2.45, 2.75) is 38.9 Å². The molecule has 123 heavy (non-hydrogen) atoms. The van der Waals surface area contributed by atoms with Crippen LogP contribution in [0.25, 0.3) is 157 Å². The van der Waals surface area contributed by atoms with Crippen molar-refractivity contribution in [3.05, 3.63) is 405 Å². The van der Waals surface area contributed by atoms with Crippen molar-refractivity contribution in [1.29, 1.82) is 0 Å². The monoisotopic (exact) mass is 1810 g/mol. The third kappa shape index (κ3) is 15.4. The van der Waals surface area contributed by atoms with Crippen molar-refractivity contribution in [2.24, 2.45) is 0 Å². The van der Waals surface area contributed by atoms with Gasteiger partial charge in [0, 0.05) is 119 Å². The van der Waals surface area contributed by atoms with Crippen LogP contribution in [0.2, 0.25) is 0 Å². The highest BCUT2D eigenvalue weighted by molar-refractivity contribution is 9.11. The van der Waals surface area contributed by atoms with Gasteiger partial charge in [-0.25, -0.2) is 0 Å². The van der Waals surface area contributed by atoms with Gasteiger partial charge >= 0.3 is 7.12 Å². The smallest absolute Gasteiger partial charge is 0.399 e. The minimum atomic E-state index is -0.446. The maximum Gasteiger partial charge on any atom is 0.495 e. The molecule has 1 fully saturated rings. The second-order valence-electron chi connectivity index (χ2n) is 31.0. The number of nitro groups is 2. The third-order valence-corrected chi connectivity index (χ3v) is 31.6. The fourth-order valence-corrected chi connectivity index (χ4v) is 25.2. The van der Waals surface area contributed by atoms with Crippen molar-refractivity contribution >= 4 is 271 Å². The highest BCUT2D eigenvalue weighted by Crippen LogP contribution is 2.50. The van der Waals surface area contributed by atoms with Crippen molar-refractivity contribution in [3.8, 4) is 11.1 Å². The van der Waals surface area contributed by atoms with E-state index < -0.39 is 12.8 Å². The van der Waals surface area contributed by atoms with Crippen LogP contribution in [0, 0.1) is 20.2 Å². The lowest BCUT2D eigenvalue weighted by Crippen LogP contribution is -2.41. The maximum absolute atomic E-state index is 11.6. The first kappa shape index (κ1) is 80.6. The van der Waals surface area contributed by atoms with Gasteiger partial charge in [-0.1, -0.05) is 325 Å². The van der Waals surface area contributed by atoms with Crippen molar-refractivity contribution in [3.63, 3.8) is 0 Å². The van der Waals surface area contributed by atoms with Gasteiger partial charge in [0.1, 0.15) is 0 Å². The Morgan fingerprint density at radius 2 is 0.667 bits per heavy atom. The summed E-state index contributed by atoms with van der Waals surface area (Å²) in [5.74, 6) is 0. The topological polar surface area (TPSA) is 121 Å². The SMILES string of the molecule is Brc1cc2ccccc2c2sc3ccccc3c12.CC1(C)OB(c2cc3ccccc3c3sc4ccccc4c23)OC1(C)C.O=[N+]([O-])c1ccccc1-c1cc2ccccc2c2sc3ccccc3c12.O=[N+]([O-])c1ccccc1Br.c1ccc(P(c2ccccc2)c2ccccc2)cc1.c1ccc2c(c1)[nH]c1c3ccccc3c3sc4ccccc4c3c21. The number of H-pyrrole nitrogens is 1. The summed E-state index contributed by atoms with van der Waals surface area (Å²) in [4.78, 5) is 24.7. The maximum atomic E-state index is 11.6. The Hall–Kier alpha value is -12.1. The van der Waals surface area contributed by atoms with Crippen molar-refractivity contribution < 1.29 is 19.2 Å². The Bertz CT molecular complexity index is 7780. The average Bonchev–Trinajstić information content (AvgIpc) is 1.56. The van der Waals surface area contributed by atoms with Crippen LogP contribution in [-0.2, 0) is 9.31 Å². The van der Waals surface area contributed by atoms with Gasteiger partial charge in [0.05, 0.1) is 36.6 Å². The average molecular weight is 1820 g/mol. The molecule has 0 aliphatic carbocycles. The molecule has 1 saturated heterocycles. The molecule has 1 aliphatic rings. The fraction of sp³-hybridized carbons (Fsp3) is 0.0566. The number of hydrogen-bond acceptors (Lipinski definition) is 10. The number of thiophene rings is 4. The van der Waals surface area contributed by atoms with Crippen LogP contribution in [-0.4, -0.2) is 33.2 Å². The molecule has 0 atom stereocenters. The van der Waals surface area contributed by atoms with E-state index in [1.807, 2.05) is 70.4 Å². The number of rotatable bonds is 7. The minimum absolute atomic E-state index is 0.0995. The molecule has 0 unspecified atom stereocenters. The first-order valence-corrected chi connectivity index (χ1v) is 46.5. The number of aromatic amines is 1. The number of para-hydroxylation sites is 3. The summed E-state index contributed by atoms with van der Waals surface area (Å²) in [7, 11) is -0.802. The molecule has 0 amide bonds. The first-order valence-electron chi connectivity index (χ1n) is 40.3. The lowest BCUT2D eigenvalue weighted by Gasteiger charge is -2.32. The molecule has 5 aromatic heterocycles. The molecule has 1 aliphatic heterocycles. The van der Waals surface area contributed by atoms with E-state index in [2.05, 4.69) is 368 Å². The third-order valence-electron chi connectivity index (χ3n) is 23.1. The summed E-state index contributed by atoms with van der Waals surface area (Å²) in [6, 6.07) is 129. The number of halogens is 2. The van der Waals surface area contributed by atoms with Gasteiger partial charge in [-0.3, -0.25) is 20.2 Å². The lowest BCUT2D eigenvalue weighted by atomic mass is 9.75. The molecule has 24 rings (SSSR count). The zero-order valence-corrected chi connectivity index (χ0v) is 74.4. The number of benzene rings is 18. The molecule has 6 heterocycles. The summed E-state index contributed by atoms with van der Waals surface area (Å²) < 4.78 is 25.0. The summed E-state index contributed by atoms with van der Waals surface area (Å²) >= 11 is 14.2. The van der Waals surface area contributed by atoms with E-state index in [9.17, 15) is 20.2 Å². The Labute approximate surface area is 743 Å². The van der Waals surface area contributed by atoms with E-state index >= 15 is 0 Å². The van der Waals surface area contributed by atoms with Gasteiger partial charge < -0.3 is 14.3 Å². The molecule has 0 bridgehead atoms. The second-order valence-corrected chi connectivity index (χ2v) is 39.1. The molecule has 17 heteroatoms. The molecule has 0 radical (unpaired) electrons. The van der Waals surface area contributed by atoms with E-state index in [1.165, 1.54) is 156 Å². The van der Waals surface area contributed by atoms with Gasteiger partial charge in [0.25, 0.3) is 11.4 Å². The second kappa shape index (κ2) is 34.3. The van der Waals surface area contributed by atoms with Crippen LogP contribution in [0.1, 0.15) is 27.7 Å². The summed E-state index contributed by atoms with van der Waals surface area (Å²) in [5.41, 5.74) is 4.73. The van der Waals surface area contributed by atoms with E-state index in [1.54, 1.807) is 41.7 Å². The molecule has 1 N–H and O–H groups in total. The molecule has 9 nitrogen and oxygen atoms in total. The number of nitro benzene ring substituents is 2. The molecule has 0 saturated carbocycles. The number of aromatic nitrogens is 1. The zero-order chi connectivity index (χ0) is 84.0. The zero-order valence-electron chi connectivity index (χ0n) is 67.1. The number of nitrogens with zero attached hydrogens (tertiary/aromatic N) is 2. The van der Waals surface area contributed by atoms with Crippen LogP contribution in [0.4, 0.5) is 11.4 Å². The molecule has 596 valence electrons. The normalized spacial score (nSPS) is 12.9. The molecule has 23 aromatic rings. The van der Waals surface area contributed by atoms with Crippen molar-refractivity contribution in [1.82, 2.24) is 4.98 Å². The number of fused-ring (bicyclic) bond motifs is 25. The molecule has 18 aromatic carbocycles. The predicted octanol–water partition coefficient (Wildman–Crippen LogP) is 30.9. The molecular formula is C106H75BBr2N3O6PS4. The Kier molecular flexibility index (Phi) is 22.5. The van der Waals surface area contributed by atoms with Gasteiger partial charge in [-0.05, 0) is 171 Å². The van der Waals surface area contributed by atoms with Gasteiger partial charge in [0.15, 0.2) is 0 Å². The van der Waals surface area contributed by atoms with E-state index in [-0.39, 0.29) is 34.6 Å². The summed E-state index contributed by atoms with van der Waals surface area (Å²) in [5, 5.41) is 49.0. The highest BCUT2D eigenvalue weighted by atomic mass is 79.9. The quantitative estimate of drug-likeness (QED) is 0.0734. The van der Waals surface area contributed by atoms with Crippen LogP contribution < -0.4 is 21.4 Å². The van der Waals surface area contributed by atoms with Crippen LogP contribution in [0.3, 0.4) is 0 Å². The molecular weight excluding hydrogens is 1740 g/mol.